The molecular weight excluding hydrogens is 254 g/mol. The van der Waals surface area contributed by atoms with Crippen LogP contribution >= 0.6 is 0 Å². The lowest BCUT2D eigenvalue weighted by molar-refractivity contribution is -0.137. The van der Waals surface area contributed by atoms with Gasteiger partial charge in [0.05, 0.1) is 13.0 Å². The molecule has 0 atom stereocenters. The second-order valence-corrected chi connectivity index (χ2v) is 5.35. The Kier molecular flexibility index (Phi) is 7.73. The minimum Gasteiger partial charge on any atom is -0.494 e. The molecule has 0 fully saturated rings. The third kappa shape index (κ3) is 7.79. The Labute approximate surface area is 121 Å². The van der Waals surface area contributed by atoms with Crippen LogP contribution in [0.25, 0.3) is 0 Å². The molecule has 112 valence electrons. The maximum atomic E-state index is 10.7. The molecule has 4 heteroatoms. The number of hydrogen-bond acceptors (Lipinski definition) is 3. The van der Waals surface area contributed by atoms with E-state index in [1.54, 1.807) is 0 Å². The third-order valence-electron chi connectivity index (χ3n) is 2.90. The molecule has 1 aromatic rings. The molecule has 0 heterocycles. The molecular formula is C16H25NO3. The third-order valence-corrected chi connectivity index (χ3v) is 2.90. The minimum absolute atomic E-state index is 0.201. The average molecular weight is 279 g/mol. The molecule has 0 radical (unpaired) electrons. The zero-order chi connectivity index (χ0) is 14.8. The predicted molar refractivity (Wildman–Crippen MR) is 80.1 cm³/mol. The van der Waals surface area contributed by atoms with Gasteiger partial charge in [0.15, 0.2) is 0 Å². The Morgan fingerprint density at radius 1 is 1.25 bits per heavy atom. The summed E-state index contributed by atoms with van der Waals surface area (Å²) in [6.07, 6.45) is 1.10. The van der Waals surface area contributed by atoms with Gasteiger partial charge < -0.3 is 14.7 Å². The summed E-state index contributed by atoms with van der Waals surface area (Å²) in [6.45, 7) is 7.36. The summed E-state index contributed by atoms with van der Waals surface area (Å²) >= 11 is 0. The van der Waals surface area contributed by atoms with E-state index in [1.807, 2.05) is 30.3 Å². The van der Waals surface area contributed by atoms with Crippen LogP contribution in [0.1, 0.15) is 26.7 Å². The largest absolute Gasteiger partial charge is 0.494 e. The fourth-order valence-electron chi connectivity index (χ4n) is 2.06. The van der Waals surface area contributed by atoms with Gasteiger partial charge in [-0.05, 0) is 24.5 Å². The number of aliphatic carboxylic acids is 1. The molecule has 0 aliphatic heterocycles. The number of benzene rings is 1. The van der Waals surface area contributed by atoms with Gasteiger partial charge in [0.2, 0.25) is 0 Å². The Morgan fingerprint density at radius 3 is 2.55 bits per heavy atom. The van der Waals surface area contributed by atoms with Gasteiger partial charge in [-0.15, -0.1) is 0 Å². The Hall–Kier alpha value is -1.55. The zero-order valence-corrected chi connectivity index (χ0v) is 12.4. The lowest BCUT2D eigenvalue weighted by Crippen LogP contribution is -2.31. The van der Waals surface area contributed by atoms with E-state index in [0.29, 0.717) is 19.1 Å². The summed E-state index contributed by atoms with van der Waals surface area (Å²) < 4.78 is 5.64. The highest BCUT2D eigenvalue weighted by Gasteiger charge is 2.09. The predicted octanol–water partition coefficient (Wildman–Crippen LogP) is 2.89. The summed E-state index contributed by atoms with van der Waals surface area (Å²) in [6, 6.07) is 9.75. The van der Waals surface area contributed by atoms with Gasteiger partial charge in [0.1, 0.15) is 5.75 Å². The highest BCUT2D eigenvalue weighted by Crippen LogP contribution is 2.09. The first-order valence-corrected chi connectivity index (χ1v) is 7.20. The number of ether oxygens (including phenoxy) is 1. The monoisotopic (exact) mass is 279 g/mol. The van der Waals surface area contributed by atoms with Crippen molar-refractivity contribution in [3.63, 3.8) is 0 Å². The molecule has 0 amide bonds. The van der Waals surface area contributed by atoms with Crippen molar-refractivity contribution in [2.45, 2.75) is 26.7 Å². The number of rotatable bonds is 10. The summed E-state index contributed by atoms with van der Waals surface area (Å²) in [4.78, 5) is 12.9. The maximum Gasteiger partial charge on any atom is 0.304 e. The summed E-state index contributed by atoms with van der Waals surface area (Å²) in [5.74, 6) is 0.687. The van der Waals surface area contributed by atoms with Crippen molar-refractivity contribution in [2.24, 2.45) is 5.92 Å². The van der Waals surface area contributed by atoms with Crippen LogP contribution in [-0.4, -0.2) is 42.2 Å². The number of nitrogens with zero attached hydrogens (tertiary/aromatic N) is 1. The zero-order valence-electron chi connectivity index (χ0n) is 12.4. The summed E-state index contributed by atoms with van der Waals surface area (Å²) in [5.41, 5.74) is 0. The Morgan fingerprint density at radius 2 is 1.95 bits per heavy atom. The van der Waals surface area contributed by atoms with E-state index in [9.17, 15) is 4.79 Å². The normalized spacial score (nSPS) is 11.0. The van der Waals surface area contributed by atoms with Gasteiger partial charge in [-0.3, -0.25) is 4.79 Å². The van der Waals surface area contributed by atoms with Crippen molar-refractivity contribution in [3.05, 3.63) is 30.3 Å². The second kappa shape index (κ2) is 9.37. The summed E-state index contributed by atoms with van der Waals surface area (Å²) in [7, 11) is 0. The van der Waals surface area contributed by atoms with Crippen LogP contribution in [0.2, 0.25) is 0 Å². The van der Waals surface area contributed by atoms with Gasteiger partial charge >= 0.3 is 5.97 Å². The van der Waals surface area contributed by atoms with E-state index in [4.69, 9.17) is 9.84 Å². The molecule has 0 aliphatic carbocycles. The molecule has 1 N–H and O–H groups in total. The first-order valence-electron chi connectivity index (χ1n) is 7.20. The number of carbonyl (C=O) groups is 1. The molecule has 4 nitrogen and oxygen atoms in total. The molecule has 0 unspecified atom stereocenters. The van der Waals surface area contributed by atoms with Crippen molar-refractivity contribution in [1.82, 2.24) is 4.90 Å². The van der Waals surface area contributed by atoms with Crippen molar-refractivity contribution >= 4 is 5.97 Å². The van der Waals surface area contributed by atoms with E-state index in [1.165, 1.54) is 0 Å². The first-order chi connectivity index (χ1) is 9.58. The smallest absolute Gasteiger partial charge is 0.304 e. The van der Waals surface area contributed by atoms with Gasteiger partial charge in [0.25, 0.3) is 0 Å². The number of carboxylic acids is 1. The lowest BCUT2D eigenvalue weighted by atomic mass is 10.2. The topological polar surface area (TPSA) is 49.8 Å². The SMILES string of the molecule is CC(C)CN(CCCOc1ccccc1)CCC(=O)O. The molecule has 0 bridgehead atoms. The van der Waals surface area contributed by atoms with Crippen LogP contribution in [0.5, 0.6) is 5.75 Å². The number of hydrogen-bond donors (Lipinski definition) is 1. The standard InChI is InChI=1S/C16H25NO3/c1-14(2)13-17(11-9-16(18)19)10-6-12-20-15-7-4-3-5-8-15/h3-5,7-8,14H,6,9-13H2,1-2H3,(H,18,19). The highest BCUT2D eigenvalue weighted by atomic mass is 16.5. The van der Waals surface area contributed by atoms with Crippen molar-refractivity contribution < 1.29 is 14.6 Å². The van der Waals surface area contributed by atoms with Crippen LogP contribution < -0.4 is 4.74 Å². The molecule has 0 saturated carbocycles. The van der Waals surface area contributed by atoms with Crippen LogP contribution in [0.4, 0.5) is 0 Å². The van der Waals surface area contributed by atoms with Crippen molar-refractivity contribution in [2.75, 3.05) is 26.2 Å². The fraction of sp³-hybridized carbons (Fsp3) is 0.562. The number of para-hydroxylation sites is 1. The molecule has 0 spiro atoms. The quantitative estimate of drug-likeness (QED) is 0.669. The van der Waals surface area contributed by atoms with E-state index >= 15 is 0 Å². The van der Waals surface area contributed by atoms with Crippen LogP contribution in [0.15, 0.2) is 30.3 Å². The van der Waals surface area contributed by atoms with Crippen molar-refractivity contribution in [1.29, 1.82) is 0 Å². The van der Waals surface area contributed by atoms with Gasteiger partial charge in [-0.1, -0.05) is 32.0 Å². The van der Waals surface area contributed by atoms with Crippen LogP contribution in [0, 0.1) is 5.92 Å². The molecule has 1 aromatic carbocycles. The fourth-order valence-corrected chi connectivity index (χ4v) is 2.06. The molecule has 0 saturated heterocycles. The van der Waals surface area contributed by atoms with Crippen molar-refractivity contribution in [3.8, 4) is 5.75 Å². The van der Waals surface area contributed by atoms with E-state index < -0.39 is 5.97 Å². The molecule has 20 heavy (non-hydrogen) atoms. The van der Waals surface area contributed by atoms with Gasteiger partial charge in [0, 0.05) is 19.6 Å². The highest BCUT2D eigenvalue weighted by molar-refractivity contribution is 5.66. The molecule has 0 aromatic heterocycles. The van der Waals surface area contributed by atoms with E-state index in [0.717, 1.165) is 25.3 Å². The average Bonchev–Trinajstić information content (AvgIpc) is 2.41. The first kappa shape index (κ1) is 16.5. The Balaban J connectivity index is 2.25. The van der Waals surface area contributed by atoms with Crippen LogP contribution in [-0.2, 0) is 4.79 Å². The van der Waals surface area contributed by atoms with E-state index in [2.05, 4.69) is 18.7 Å². The van der Waals surface area contributed by atoms with Gasteiger partial charge in [-0.25, -0.2) is 0 Å². The van der Waals surface area contributed by atoms with Crippen LogP contribution in [0.3, 0.4) is 0 Å². The molecule has 0 aliphatic rings. The lowest BCUT2D eigenvalue weighted by Gasteiger charge is -2.23. The second-order valence-electron chi connectivity index (χ2n) is 5.35. The molecule has 1 rings (SSSR count). The van der Waals surface area contributed by atoms with Gasteiger partial charge in [-0.2, -0.15) is 0 Å². The minimum atomic E-state index is -0.737. The number of carboxylic acid groups (broad SMARTS) is 1. The Bertz CT molecular complexity index is 379. The van der Waals surface area contributed by atoms with E-state index in [-0.39, 0.29) is 6.42 Å². The maximum absolute atomic E-state index is 10.7. The summed E-state index contributed by atoms with van der Waals surface area (Å²) in [5, 5.41) is 8.77.